The molecule has 2 amide bonds. The zero-order valence-corrected chi connectivity index (χ0v) is 17.5. The highest BCUT2D eigenvalue weighted by Gasteiger charge is 2.14. The molecule has 9 nitrogen and oxygen atoms in total. The second kappa shape index (κ2) is 8.87. The lowest BCUT2D eigenvalue weighted by Gasteiger charge is -2.19. The molecule has 10 heteroatoms. The quantitative estimate of drug-likeness (QED) is 0.423. The van der Waals surface area contributed by atoms with E-state index in [1.165, 1.54) is 41.2 Å². The van der Waals surface area contributed by atoms with Crippen molar-refractivity contribution in [3.05, 3.63) is 69.2 Å². The van der Waals surface area contributed by atoms with Crippen molar-refractivity contribution >= 4 is 33.9 Å². The standard InChI is InChI=1S/C20H21N5O4S/c1-20(2,3)13-4-6-14(7-5-13)21-18(26)22-19-24-23-17(30-19)12-29-16-10-8-15(9-11-16)25(27)28/h4-11H,12H2,1-3H3,(H2,21,22,24,26). The van der Waals surface area contributed by atoms with Crippen molar-refractivity contribution in [1.82, 2.24) is 10.2 Å². The first-order chi connectivity index (χ1) is 14.2. The topological polar surface area (TPSA) is 119 Å². The van der Waals surface area contributed by atoms with E-state index in [-0.39, 0.29) is 17.7 Å². The van der Waals surface area contributed by atoms with Crippen LogP contribution in [0.4, 0.5) is 21.3 Å². The molecule has 2 N–H and O–H groups in total. The highest BCUT2D eigenvalue weighted by atomic mass is 32.1. The number of amides is 2. The van der Waals surface area contributed by atoms with E-state index in [0.29, 0.717) is 21.6 Å². The van der Waals surface area contributed by atoms with E-state index in [9.17, 15) is 14.9 Å². The largest absolute Gasteiger partial charge is 0.486 e. The number of nitrogens with one attached hydrogen (secondary N) is 2. The summed E-state index contributed by atoms with van der Waals surface area (Å²) in [4.78, 5) is 22.4. The molecule has 1 aromatic heterocycles. The Hall–Kier alpha value is -3.53. The first kappa shape index (κ1) is 21.2. The Balaban J connectivity index is 1.51. The predicted octanol–water partition coefficient (Wildman–Crippen LogP) is 4.97. The van der Waals surface area contributed by atoms with Gasteiger partial charge in [-0.05, 0) is 35.2 Å². The van der Waals surface area contributed by atoms with E-state index in [0.717, 1.165) is 0 Å². The maximum absolute atomic E-state index is 12.2. The van der Waals surface area contributed by atoms with Gasteiger partial charge in [0.1, 0.15) is 12.4 Å². The highest BCUT2D eigenvalue weighted by molar-refractivity contribution is 7.15. The highest BCUT2D eigenvalue weighted by Crippen LogP contribution is 2.24. The summed E-state index contributed by atoms with van der Waals surface area (Å²) in [6.45, 7) is 6.51. The third kappa shape index (κ3) is 5.74. The first-order valence-corrected chi connectivity index (χ1v) is 9.90. The fourth-order valence-electron chi connectivity index (χ4n) is 2.48. The number of nitro groups is 1. The van der Waals surface area contributed by atoms with Gasteiger partial charge in [0.25, 0.3) is 5.69 Å². The van der Waals surface area contributed by atoms with Crippen LogP contribution in [-0.2, 0) is 12.0 Å². The van der Waals surface area contributed by atoms with Gasteiger partial charge in [0, 0.05) is 17.8 Å². The molecule has 0 aliphatic rings. The number of non-ortho nitro benzene ring substituents is 1. The number of benzene rings is 2. The summed E-state index contributed by atoms with van der Waals surface area (Å²) in [5.74, 6) is 0.474. The maximum atomic E-state index is 12.2. The van der Waals surface area contributed by atoms with E-state index in [4.69, 9.17) is 4.74 Å². The summed E-state index contributed by atoms with van der Waals surface area (Å²) in [7, 11) is 0. The summed E-state index contributed by atoms with van der Waals surface area (Å²) in [6, 6.07) is 13.0. The van der Waals surface area contributed by atoms with Crippen LogP contribution in [-0.4, -0.2) is 21.2 Å². The van der Waals surface area contributed by atoms with Crippen molar-refractivity contribution in [1.29, 1.82) is 0 Å². The normalized spacial score (nSPS) is 11.0. The van der Waals surface area contributed by atoms with Gasteiger partial charge in [0.2, 0.25) is 5.13 Å². The number of carbonyl (C=O) groups excluding carboxylic acids is 1. The molecular formula is C20H21N5O4S. The van der Waals surface area contributed by atoms with E-state index < -0.39 is 11.0 Å². The van der Waals surface area contributed by atoms with Gasteiger partial charge in [-0.15, -0.1) is 10.2 Å². The number of anilines is 2. The Morgan fingerprint density at radius 2 is 1.73 bits per heavy atom. The van der Waals surface area contributed by atoms with Gasteiger partial charge >= 0.3 is 6.03 Å². The molecule has 0 fully saturated rings. The number of rotatable bonds is 6. The Kier molecular flexibility index (Phi) is 6.26. The summed E-state index contributed by atoms with van der Waals surface area (Å²) >= 11 is 1.18. The van der Waals surface area contributed by atoms with Crippen LogP contribution in [0.15, 0.2) is 48.5 Å². The number of hydrogen-bond donors (Lipinski definition) is 2. The number of urea groups is 1. The number of carbonyl (C=O) groups is 1. The first-order valence-electron chi connectivity index (χ1n) is 9.09. The molecule has 1 heterocycles. The molecule has 0 saturated carbocycles. The van der Waals surface area contributed by atoms with Crippen LogP contribution >= 0.6 is 11.3 Å². The number of nitrogens with zero attached hydrogens (tertiary/aromatic N) is 3. The van der Waals surface area contributed by atoms with E-state index in [2.05, 4.69) is 41.6 Å². The SMILES string of the molecule is CC(C)(C)c1ccc(NC(=O)Nc2nnc(COc3ccc([N+](=O)[O-])cc3)s2)cc1. The minimum atomic E-state index is -0.476. The van der Waals surface area contributed by atoms with Gasteiger partial charge in [-0.2, -0.15) is 0 Å². The lowest BCUT2D eigenvalue weighted by atomic mass is 9.87. The molecule has 30 heavy (non-hydrogen) atoms. The number of hydrogen-bond acceptors (Lipinski definition) is 7. The zero-order valence-electron chi connectivity index (χ0n) is 16.7. The molecule has 156 valence electrons. The van der Waals surface area contributed by atoms with E-state index >= 15 is 0 Å². The van der Waals surface area contributed by atoms with Crippen LogP contribution in [0, 0.1) is 10.1 Å². The monoisotopic (exact) mass is 427 g/mol. The van der Waals surface area contributed by atoms with Crippen molar-refractivity contribution in [2.75, 3.05) is 10.6 Å². The van der Waals surface area contributed by atoms with Crippen molar-refractivity contribution in [3.8, 4) is 5.75 Å². The smallest absolute Gasteiger partial charge is 0.325 e. The molecule has 0 radical (unpaired) electrons. The molecule has 0 saturated heterocycles. The van der Waals surface area contributed by atoms with Crippen LogP contribution in [0.3, 0.4) is 0 Å². The van der Waals surface area contributed by atoms with E-state index in [1.54, 1.807) is 0 Å². The number of ether oxygens (including phenoxy) is 1. The van der Waals surface area contributed by atoms with Crippen LogP contribution in [0.1, 0.15) is 31.3 Å². The van der Waals surface area contributed by atoms with Gasteiger partial charge in [0.05, 0.1) is 4.92 Å². The number of nitro benzene ring substituents is 1. The molecular weight excluding hydrogens is 406 g/mol. The van der Waals surface area contributed by atoms with Gasteiger partial charge in [-0.1, -0.05) is 44.2 Å². The maximum Gasteiger partial charge on any atom is 0.325 e. The molecule has 0 spiro atoms. The van der Waals surface area contributed by atoms with Crippen molar-refractivity contribution in [2.45, 2.75) is 32.8 Å². The Bertz CT molecular complexity index is 1030. The molecule has 0 aliphatic carbocycles. The van der Waals surface area contributed by atoms with Crippen molar-refractivity contribution in [2.24, 2.45) is 0 Å². The summed E-state index contributed by atoms with van der Waals surface area (Å²) in [5, 5.41) is 24.8. The lowest BCUT2D eigenvalue weighted by molar-refractivity contribution is -0.384. The minimum Gasteiger partial charge on any atom is -0.486 e. The summed E-state index contributed by atoms with van der Waals surface area (Å²) in [6.07, 6.45) is 0. The molecule has 3 rings (SSSR count). The van der Waals surface area contributed by atoms with Gasteiger partial charge in [-0.25, -0.2) is 4.79 Å². The van der Waals surface area contributed by atoms with Gasteiger partial charge < -0.3 is 10.1 Å². The van der Waals surface area contributed by atoms with Crippen LogP contribution in [0.2, 0.25) is 0 Å². The van der Waals surface area contributed by atoms with Gasteiger partial charge in [0.15, 0.2) is 5.01 Å². The summed E-state index contributed by atoms with van der Waals surface area (Å²) < 4.78 is 5.54. The van der Waals surface area contributed by atoms with Crippen LogP contribution < -0.4 is 15.4 Å². The van der Waals surface area contributed by atoms with Crippen LogP contribution in [0.5, 0.6) is 5.75 Å². The second-order valence-electron chi connectivity index (χ2n) is 7.45. The Morgan fingerprint density at radius 1 is 1.07 bits per heavy atom. The van der Waals surface area contributed by atoms with E-state index in [1.807, 2.05) is 24.3 Å². The second-order valence-corrected chi connectivity index (χ2v) is 8.51. The molecule has 2 aromatic carbocycles. The molecule has 3 aromatic rings. The average molecular weight is 427 g/mol. The molecule has 0 aliphatic heterocycles. The summed E-state index contributed by atoms with van der Waals surface area (Å²) in [5.41, 5.74) is 1.88. The Labute approximate surface area is 177 Å². The third-order valence-corrected chi connectivity index (χ3v) is 4.92. The fraction of sp³-hybridized carbons (Fsp3) is 0.250. The average Bonchev–Trinajstić information content (AvgIpc) is 3.13. The molecule has 0 unspecified atom stereocenters. The van der Waals surface area contributed by atoms with Gasteiger partial charge in [-0.3, -0.25) is 15.4 Å². The zero-order chi connectivity index (χ0) is 21.7. The van der Waals surface area contributed by atoms with Crippen LogP contribution in [0.25, 0.3) is 0 Å². The minimum absolute atomic E-state index is 0.0104. The Morgan fingerprint density at radius 3 is 2.33 bits per heavy atom. The molecule has 0 bridgehead atoms. The predicted molar refractivity (Wildman–Crippen MR) is 115 cm³/mol. The lowest BCUT2D eigenvalue weighted by Crippen LogP contribution is -2.19. The third-order valence-electron chi connectivity index (χ3n) is 4.11. The molecule has 0 atom stereocenters. The fourth-order valence-corrected chi connectivity index (χ4v) is 3.13. The number of aromatic nitrogens is 2. The van der Waals surface area contributed by atoms with Crippen molar-refractivity contribution < 1.29 is 14.5 Å². The van der Waals surface area contributed by atoms with Crippen molar-refractivity contribution in [3.63, 3.8) is 0 Å².